The molecule has 0 radical (unpaired) electrons. The van der Waals surface area contributed by atoms with Gasteiger partial charge in [-0.05, 0) is 18.1 Å². The second-order valence-electron chi connectivity index (χ2n) is 4.04. The fourth-order valence-corrected chi connectivity index (χ4v) is 2.09. The Morgan fingerprint density at radius 1 is 1.53 bits per heavy atom. The first-order chi connectivity index (χ1) is 8.13. The van der Waals surface area contributed by atoms with Crippen molar-refractivity contribution >= 4 is 11.7 Å². The van der Waals surface area contributed by atoms with E-state index in [9.17, 15) is 4.79 Å². The van der Waals surface area contributed by atoms with Gasteiger partial charge in [0.15, 0.2) is 6.23 Å². The van der Waals surface area contributed by atoms with Crippen molar-refractivity contribution in [2.45, 2.75) is 24.6 Å². The Morgan fingerprint density at radius 2 is 2.24 bits per heavy atom. The summed E-state index contributed by atoms with van der Waals surface area (Å²) in [4.78, 5) is 15.1. The molecule has 6 heteroatoms. The first-order valence-corrected chi connectivity index (χ1v) is 5.27. The lowest BCUT2D eigenvalue weighted by Crippen LogP contribution is -2.35. The number of hydrogen-bond acceptors (Lipinski definition) is 5. The summed E-state index contributed by atoms with van der Waals surface area (Å²) >= 11 is 0. The van der Waals surface area contributed by atoms with E-state index in [-0.39, 0.29) is 12.3 Å². The second kappa shape index (κ2) is 4.70. The number of carbonyl (C=O) groups is 1. The number of benzene rings is 1. The van der Waals surface area contributed by atoms with Crippen molar-refractivity contribution in [3.05, 3.63) is 29.8 Å². The molecule has 0 amide bonds. The molecule has 6 nitrogen and oxygen atoms in total. The molecular formula is C11H14N2O4. The molecule has 0 bridgehead atoms. The maximum Gasteiger partial charge on any atom is 0.320 e. The summed E-state index contributed by atoms with van der Waals surface area (Å²) in [5, 5.41) is 20.6. The van der Waals surface area contributed by atoms with E-state index >= 15 is 0 Å². The van der Waals surface area contributed by atoms with Crippen molar-refractivity contribution in [2.75, 3.05) is 5.32 Å². The zero-order chi connectivity index (χ0) is 12.4. The molecule has 0 spiro atoms. The molecule has 0 saturated carbocycles. The molecule has 0 aromatic heterocycles. The summed E-state index contributed by atoms with van der Waals surface area (Å²) in [6.45, 7) is 0. The van der Waals surface area contributed by atoms with Gasteiger partial charge in [0.2, 0.25) is 0 Å². The minimum atomic E-state index is -1.06. The number of anilines is 1. The maximum absolute atomic E-state index is 10.7. The molecule has 2 rings (SSSR count). The smallest absolute Gasteiger partial charge is 0.320 e. The van der Waals surface area contributed by atoms with Gasteiger partial charge in [0.25, 0.3) is 0 Å². The molecule has 17 heavy (non-hydrogen) atoms. The van der Waals surface area contributed by atoms with Crippen LogP contribution in [0.15, 0.2) is 24.3 Å². The van der Waals surface area contributed by atoms with Gasteiger partial charge < -0.3 is 16.2 Å². The predicted molar refractivity (Wildman–Crippen MR) is 60.5 cm³/mol. The fourth-order valence-electron chi connectivity index (χ4n) is 2.09. The van der Waals surface area contributed by atoms with Gasteiger partial charge >= 0.3 is 5.97 Å². The number of nitrogens with one attached hydrogen (secondary N) is 1. The Bertz CT molecular complexity index is 424. The van der Waals surface area contributed by atoms with E-state index in [2.05, 4.69) is 10.2 Å². The Labute approximate surface area is 97.9 Å². The molecule has 1 aliphatic heterocycles. The number of hydrogen-bond donors (Lipinski definition) is 4. The quantitative estimate of drug-likeness (QED) is 0.457. The standard InChI is InChI=1S/C11H14N2O4/c12-8(11(14)15)5-7-6-3-1-2-4-9(6)13-10(7)17-16/h1-4,7-8,10,13,16H,5,12H2,(H,14,15)/t7-,8-,10-/m0/s1. The molecule has 92 valence electrons. The first-order valence-electron chi connectivity index (χ1n) is 5.27. The highest BCUT2D eigenvalue weighted by atomic mass is 17.1. The molecule has 0 unspecified atom stereocenters. The van der Waals surface area contributed by atoms with Crippen LogP contribution in [0.2, 0.25) is 0 Å². The average Bonchev–Trinajstić information content (AvgIpc) is 2.67. The third-order valence-electron chi connectivity index (χ3n) is 2.96. The van der Waals surface area contributed by atoms with Crippen molar-refractivity contribution in [1.29, 1.82) is 0 Å². The number of carboxylic acid groups (broad SMARTS) is 1. The lowest BCUT2D eigenvalue weighted by molar-refractivity contribution is -0.274. The maximum atomic E-state index is 10.7. The van der Waals surface area contributed by atoms with Gasteiger partial charge in [0, 0.05) is 11.6 Å². The van der Waals surface area contributed by atoms with Crippen LogP contribution < -0.4 is 11.1 Å². The molecule has 1 aromatic rings. The Kier molecular flexibility index (Phi) is 3.28. The van der Waals surface area contributed by atoms with E-state index in [1.165, 1.54) is 0 Å². The largest absolute Gasteiger partial charge is 0.480 e. The Balaban J connectivity index is 2.21. The topological polar surface area (TPSA) is 105 Å². The van der Waals surface area contributed by atoms with Crippen LogP contribution in [0, 0.1) is 0 Å². The van der Waals surface area contributed by atoms with Crippen molar-refractivity contribution in [1.82, 2.24) is 0 Å². The van der Waals surface area contributed by atoms with Crippen LogP contribution in [-0.2, 0) is 9.68 Å². The van der Waals surface area contributed by atoms with E-state index in [1.807, 2.05) is 24.3 Å². The number of nitrogens with two attached hydrogens (primary N) is 1. The van der Waals surface area contributed by atoms with Crippen LogP contribution in [0.1, 0.15) is 17.9 Å². The molecule has 0 fully saturated rings. The van der Waals surface area contributed by atoms with Crippen molar-refractivity contribution < 1.29 is 20.0 Å². The highest BCUT2D eigenvalue weighted by Gasteiger charge is 2.35. The van der Waals surface area contributed by atoms with Gasteiger partial charge in [-0.1, -0.05) is 18.2 Å². The molecule has 5 N–H and O–H groups in total. The molecule has 1 aliphatic rings. The van der Waals surface area contributed by atoms with Crippen LogP contribution in [-0.4, -0.2) is 28.6 Å². The van der Waals surface area contributed by atoms with Crippen LogP contribution in [0.5, 0.6) is 0 Å². The van der Waals surface area contributed by atoms with E-state index in [1.54, 1.807) is 0 Å². The van der Waals surface area contributed by atoms with Gasteiger partial charge in [-0.3, -0.25) is 4.79 Å². The molecule has 0 saturated heterocycles. The monoisotopic (exact) mass is 238 g/mol. The number of para-hydroxylation sites is 1. The molecule has 0 aliphatic carbocycles. The summed E-state index contributed by atoms with van der Waals surface area (Å²) in [6, 6.07) is 6.42. The second-order valence-corrected chi connectivity index (χ2v) is 4.04. The van der Waals surface area contributed by atoms with Crippen LogP contribution in [0.3, 0.4) is 0 Å². The highest BCUT2D eigenvalue weighted by Crippen LogP contribution is 2.38. The van der Waals surface area contributed by atoms with E-state index in [0.717, 1.165) is 11.3 Å². The van der Waals surface area contributed by atoms with Crippen molar-refractivity contribution in [2.24, 2.45) is 5.73 Å². The predicted octanol–water partition coefficient (Wildman–Crippen LogP) is 0.813. The highest BCUT2D eigenvalue weighted by molar-refractivity contribution is 5.73. The van der Waals surface area contributed by atoms with Gasteiger partial charge in [-0.15, -0.1) is 0 Å². The Hall–Kier alpha value is -1.63. The van der Waals surface area contributed by atoms with Gasteiger partial charge in [0.1, 0.15) is 6.04 Å². The zero-order valence-corrected chi connectivity index (χ0v) is 9.04. The fraction of sp³-hybridized carbons (Fsp3) is 0.364. The SMILES string of the molecule is N[C@@H](C[C@H]1c2ccccc2N[C@H]1OO)C(=O)O. The summed E-state index contributed by atoms with van der Waals surface area (Å²) in [5.41, 5.74) is 7.24. The van der Waals surface area contributed by atoms with Gasteiger partial charge in [0.05, 0.1) is 0 Å². The molecule has 1 aromatic carbocycles. The van der Waals surface area contributed by atoms with E-state index in [0.29, 0.717) is 0 Å². The van der Waals surface area contributed by atoms with Crippen molar-refractivity contribution in [3.8, 4) is 0 Å². The molecule has 3 atom stereocenters. The van der Waals surface area contributed by atoms with Crippen LogP contribution >= 0.6 is 0 Å². The minimum Gasteiger partial charge on any atom is -0.480 e. The van der Waals surface area contributed by atoms with Crippen LogP contribution in [0.25, 0.3) is 0 Å². The minimum absolute atomic E-state index is 0.199. The summed E-state index contributed by atoms with van der Waals surface area (Å²) in [7, 11) is 0. The zero-order valence-electron chi connectivity index (χ0n) is 9.04. The third kappa shape index (κ3) is 2.23. The van der Waals surface area contributed by atoms with Crippen LogP contribution in [0.4, 0.5) is 5.69 Å². The number of aliphatic carboxylic acids is 1. The first kappa shape index (κ1) is 11.8. The lowest BCUT2D eigenvalue weighted by Gasteiger charge is -2.18. The normalized spacial score (nSPS) is 23.9. The average molecular weight is 238 g/mol. The van der Waals surface area contributed by atoms with Gasteiger partial charge in [-0.2, -0.15) is 0 Å². The number of fused-ring (bicyclic) bond motifs is 1. The summed E-state index contributed by atoms with van der Waals surface area (Å²) in [5.74, 6) is -1.34. The molecular weight excluding hydrogens is 224 g/mol. The summed E-state index contributed by atoms with van der Waals surface area (Å²) < 4.78 is 0. The number of carboxylic acids is 1. The Morgan fingerprint density at radius 3 is 2.88 bits per heavy atom. The summed E-state index contributed by atoms with van der Waals surface area (Å²) in [6.07, 6.45) is -0.456. The van der Waals surface area contributed by atoms with Gasteiger partial charge in [-0.25, -0.2) is 10.1 Å². The van der Waals surface area contributed by atoms with E-state index < -0.39 is 18.2 Å². The van der Waals surface area contributed by atoms with Crippen molar-refractivity contribution in [3.63, 3.8) is 0 Å². The lowest BCUT2D eigenvalue weighted by atomic mass is 9.93. The molecule has 1 heterocycles. The number of rotatable bonds is 4. The third-order valence-corrected chi connectivity index (χ3v) is 2.96. The van der Waals surface area contributed by atoms with E-state index in [4.69, 9.17) is 16.1 Å².